The van der Waals surface area contributed by atoms with Crippen molar-refractivity contribution in [2.24, 2.45) is 0 Å². The summed E-state index contributed by atoms with van der Waals surface area (Å²) in [5.74, 6) is -0.0703. The van der Waals surface area contributed by atoms with Gasteiger partial charge in [0.05, 0.1) is 11.9 Å². The topological polar surface area (TPSA) is 62.5 Å². The number of hydrogen-bond donors (Lipinski definition) is 1. The molecule has 7 heteroatoms. The van der Waals surface area contributed by atoms with Gasteiger partial charge in [-0.2, -0.15) is 5.10 Å². The lowest BCUT2D eigenvalue weighted by Gasteiger charge is -2.12. The van der Waals surface area contributed by atoms with E-state index in [0.29, 0.717) is 17.3 Å². The van der Waals surface area contributed by atoms with Gasteiger partial charge in [-0.15, -0.1) is 12.4 Å². The number of amides is 1. The maximum absolute atomic E-state index is 12.1. The Hall–Kier alpha value is -1.66. The van der Waals surface area contributed by atoms with Crippen LogP contribution in [0, 0.1) is 0 Å². The van der Waals surface area contributed by atoms with E-state index in [1.807, 2.05) is 6.07 Å². The standard InChI is InChI=1S/C13H17N5O.ClH/c1-17(2)13(19)9-8-16-18-11(5-7-15-12(9)18)10-4-3-6-14-10;/h5,7-8,10,14H,3-4,6H2,1-2H3;1H. The van der Waals surface area contributed by atoms with Crippen molar-refractivity contribution in [3.63, 3.8) is 0 Å². The van der Waals surface area contributed by atoms with Gasteiger partial charge >= 0.3 is 0 Å². The van der Waals surface area contributed by atoms with Crippen LogP contribution in [0.25, 0.3) is 5.65 Å². The Morgan fingerprint density at radius 3 is 2.95 bits per heavy atom. The predicted octanol–water partition coefficient (Wildman–Crippen LogP) is 1.28. The molecule has 1 amide bonds. The van der Waals surface area contributed by atoms with Gasteiger partial charge in [0.15, 0.2) is 5.65 Å². The second-order valence-corrected chi connectivity index (χ2v) is 5.01. The molecule has 1 saturated heterocycles. The number of fused-ring (bicyclic) bond motifs is 1. The van der Waals surface area contributed by atoms with Gasteiger partial charge in [-0.25, -0.2) is 9.50 Å². The third-order valence-corrected chi connectivity index (χ3v) is 3.48. The van der Waals surface area contributed by atoms with Crippen molar-refractivity contribution in [3.05, 3.63) is 29.7 Å². The highest BCUT2D eigenvalue weighted by atomic mass is 35.5. The summed E-state index contributed by atoms with van der Waals surface area (Å²) in [5, 5.41) is 7.78. The molecular weight excluding hydrogens is 278 g/mol. The van der Waals surface area contributed by atoms with Crippen LogP contribution in [0.1, 0.15) is 34.9 Å². The summed E-state index contributed by atoms with van der Waals surface area (Å²) in [5.41, 5.74) is 2.25. The lowest BCUT2D eigenvalue weighted by atomic mass is 10.1. The van der Waals surface area contributed by atoms with E-state index < -0.39 is 0 Å². The van der Waals surface area contributed by atoms with Gasteiger partial charge < -0.3 is 10.2 Å². The Bertz CT molecular complexity index is 618. The van der Waals surface area contributed by atoms with Gasteiger partial charge in [-0.3, -0.25) is 4.79 Å². The first-order chi connectivity index (χ1) is 9.18. The number of carbonyl (C=O) groups is 1. The molecule has 1 fully saturated rings. The van der Waals surface area contributed by atoms with E-state index in [1.54, 1.807) is 35.9 Å². The molecule has 1 aliphatic rings. The van der Waals surface area contributed by atoms with Crippen LogP contribution in [-0.4, -0.2) is 46.0 Å². The molecule has 2 aromatic rings. The lowest BCUT2D eigenvalue weighted by molar-refractivity contribution is 0.0829. The number of nitrogens with one attached hydrogen (secondary N) is 1. The van der Waals surface area contributed by atoms with Crippen LogP contribution in [0.3, 0.4) is 0 Å². The van der Waals surface area contributed by atoms with Crippen LogP contribution in [-0.2, 0) is 0 Å². The molecule has 1 unspecified atom stereocenters. The molecule has 3 rings (SSSR count). The highest BCUT2D eigenvalue weighted by molar-refractivity contribution is 5.99. The van der Waals surface area contributed by atoms with Gasteiger partial charge in [0.2, 0.25) is 0 Å². The van der Waals surface area contributed by atoms with Crippen molar-refractivity contribution in [1.29, 1.82) is 0 Å². The van der Waals surface area contributed by atoms with Crippen LogP contribution in [0.15, 0.2) is 18.5 Å². The lowest BCUT2D eigenvalue weighted by Crippen LogP contribution is -2.22. The molecule has 0 aliphatic carbocycles. The van der Waals surface area contributed by atoms with Crippen molar-refractivity contribution in [2.75, 3.05) is 20.6 Å². The first kappa shape index (κ1) is 14.7. The minimum absolute atomic E-state index is 0. The fraction of sp³-hybridized carbons (Fsp3) is 0.462. The molecule has 0 bridgehead atoms. The van der Waals surface area contributed by atoms with Crippen molar-refractivity contribution in [1.82, 2.24) is 24.8 Å². The third-order valence-electron chi connectivity index (χ3n) is 3.48. The Morgan fingerprint density at radius 1 is 1.50 bits per heavy atom. The highest BCUT2D eigenvalue weighted by Crippen LogP contribution is 2.23. The zero-order chi connectivity index (χ0) is 13.4. The van der Waals surface area contributed by atoms with Crippen molar-refractivity contribution in [3.8, 4) is 0 Å². The van der Waals surface area contributed by atoms with Crippen LogP contribution in [0.2, 0.25) is 0 Å². The molecule has 0 saturated carbocycles. The van der Waals surface area contributed by atoms with Gasteiger partial charge in [0, 0.05) is 26.3 Å². The fourth-order valence-corrected chi connectivity index (χ4v) is 2.50. The Kier molecular flexibility index (Phi) is 4.25. The Morgan fingerprint density at radius 2 is 2.30 bits per heavy atom. The first-order valence-corrected chi connectivity index (χ1v) is 6.46. The van der Waals surface area contributed by atoms with Gasteiger partial charge in [-0.1, -0.05) is 0 Å². The van der Waals surface area contributed by atoms with E-state index >= 15 is 0 Å². The van der Waals surface area contributed by atoms with Crippen molar-refractivity contribution >= 4 is 24.0 Å². The maximum atomic E-state index is 12.1. The molecule has 0 radical (unpaired) electrons. The molecule has 6 nitrogen and oxygen atoms in total. The van der Waals surface area contributed by atoms with Crippen LogP contribution < -0.4 is 5.32 Å². The third kappa shape index (κ3) is 2.36. The second-order valence-electron chi connectivity index (χ2n) is 5.01. The minimum atomic E-state index is -0.0703. The monoisotopic (exact) mass is 295 g/mol. The normalized spacial score (nSPS) is 18.0. The summed E-state index contributed by atoms with van der Waals surface area (Å²) in [6, 6.07) is 2.26. The van der Waals surface area contributed by atoms with Crippen molar-refractivity contribution in [2.45, 2.75) is 18.9 Å². The van der Waals surface area contributed by atoms with E-state index in [1.165, 1.54) is 6.42 Å². The smallest absolute Gasteiger partial charge is 0.258 e. The summed E-state index contributed by atoms with van der Waals surface area (Å²) in [6.07, 6.45) is 5.61. The highest BCUT2D eigenvalue weighted by Gasteiger charge is 2.22. The van der Waals surface area contributed by atoms with E-state index in [9.17, 15) is 4.79 Å². The maximum Gasteiger partial charge on any atom is 0.258 e. The number of aromatic nitrogens is 3. The Labute approximate surface area is 123 Å². The largest absolute Gasteiger partial charge is 0.345 e. The first-order valence-electron chi connectivity index (χ1n) is 6.46. The van der Waals surface area contributed by atoms with Gasteiger partial charge in [0.1, 0.15) is 5.56 Å². The molecule has 20 heavy (non-hydrogen) atoms. The van der Waals surface area contributed by atoms with Gasteiger partial charge in [0.25, 0.3) is 5.91 Å². The average molecular weight is 296 g/mol. The molecule has 1 aliphatic heterocycles. The number of hydrogen-bond acceptors (Lipinski definition) is 4. The summed E-state index contributed by atoms with van der Waals surface area (Å²) >= 11 is 0. The zero-order valence-corrected chi connectivity index (χ0v) is 12.4. The number of halogens is 1. The molecule has 1 atom stereocenters. The molecule has 3 heterocycles. The van der Waals surface area contributed by atoms with Crippen molar-refractivity contribution < 1.29 is 4.79 Å². The summed E-state index contributed by atoms with van der Waals surface area (Å²) in [6.45, 7) is 1.03. The minimum Gasteiger partial charge on any atom is -0.345 e. The number of rotatable bonds is 2. The summed E-state index contributed by atoms with van der Waals surface area (Å²) < 4.78 is 1.78. The van der Waals surface area contributed by atoms with E-state index in [4.69, 9.17) is 0 Å². The van der Waals surface area contributed by atoms with Gasteiger partial charge in [-0.05, 0) is 25.5 Å². The van der Waals surface area contributed by atoms with Crippen LogP contribution >= 0.6 is 12.4 Å². The summed E-state index contributed by atoms with van der Waals surface area (Å²) in [7, 11) is 3.46. The Balaban J connectivity index is 0.00000147. The predicted molar refractivity (Wildman–Crippen MR) is 78.2 cm³/mol. The van der Waals surface area contributed by atoms with Crippen LogP contribution in [0.5, 0.6) is 0 Å². The molecule has 2 aromatic heterocycles. The van der Waals surface area contributed by atoms with E-state index in [0.717, 1.165) is 18.7 Å². The molecular formula is C13H18ClN5O. The summed E-state index contributed by atoms with van der Waals surface area (Å²) in [4.78, 5) is 17.9. The molecule has 0 aromatic carbocycles. The van der Waals surface area contributed by atoms with E-state index in [2.05, 4.69) is 15.4 Å². The van der Waals surface area contributed by atoms with E-state index in [-0.39, 0.29) is 18.3 Å². The second kappa shape index (κ2) is 5.76. The fourth-order valence-electron chi connectivity index (χ4n) is 2.50. The van der Waals surface area contributed by atoms with Crippen LogP contribution in [0.4, 0.5) is 0 Å². The quantitative estimate of drug-likeness (QED) is 0.906. The number of carbonyl (C=O) groups excluding carboxylic acids is 1. The molecule has 0 spiro atoms. The average Bonchev–Trinajstić information content (AvgIpc) is 3.06. The zero-order valence-electron chi connectivity index (χ0n) is 11.5. The number of nitrogens with zero attached hydrogens (tertiary/aromatic N) is 4. The SMILES string of the molecule is CN(C)C(=O)c1cnn2c(C3CCCN3)ccnc12.Cl. The molecule has 1 N–H and O–H groups in total. The molecule has 108 valence electrons.